The SMILES string of the molecule is Cc1[nH]cnc1CNC(C)c1nnc2ccccn12. The number of nitrogens with one attached hydrogen (secondary N) is 2. The van der Waals surface area contributed by atoms with E-state index in [1.54, 1.807) is 6.33 Å². The zero-order valence-electron chi connectivity index (χ0n) is 11.0. The van der Waals surface area contributed by atoms with E-state index in [9.17, 15) is 0 Å². The van der Waals surface area contributed by atoms with Gasteiger partial charge in [-0.2, -0.15) is 0 Å². The van der Waals surface area contributed by atoms with Gasteiger partial charge < -0.3 is 10.3 Å². The zero-order chi connectivity index (χ0) is 13.2. The molecule has 1 unspecified atom stereocenters. The minimum absolute atomic E-state index is 0.105. The molecule has 98 valence electrons. The fraction of sp³-hybridized carbons (Fsp3) is 0.308. The van der Waals surface area contributed by atoms with E-state index in [0.29, 0.717) is 6.54 Å². The van der Waals surface area contributed by atoms with Crippen LogP contribution in [0.25, 0.3) is 5.65 Å². The second-order valence-corrected chi connectivity index (χ2v) is 4.56. The predicted octanol–water partition coefficient (Wildman–Crippen LogP) is 1.61. The molecule has 0 aliphatic rings. The van der Waals surface area contributed by atoms with Crippen molar-refractivity contribution >= 4 is 5.65 Å². The lowest BCUT2D eigenvalue weighted by molar-refractivity contribution is 0.536. The maximum absolute atomic E-state index is 4.27. The molecule has 0 saturated carbocycles. The lowest BCUT2D eigenvalue weighted by Gasteiger charge is -2.11. The second-order valence-electron chi connectivity index (χ2n) is 4.56. The fourth-order valence-electron chi connectivity index (χ4n) is 2.06. The number of hydrogen-bond donors (Lipinski definition) is 2. The summed E-state index contributed by atoms with van der Waals surface area (Å²) in [5.41, 5.74) is 2.98. The summed E-state index contributed by atoms with van der Waals surface area (Å²) in [4.78, 5) is 7.34. The highest BCUT2D eigenvalue weighted by molar-refractivity contribution is 5.37. The van der Waals surface area contributed by atoms with Crippen LogP contribution < -0.4 is 5.32 Å². The van der Waals surface area contributed by atoms with Crippen LogP contribution in [0.5, 0.6) is 0 Å². The number of aromatic nitrogens is 5. The molecule has 0 aliphatic carbocycles. The molecule has 3 aromatic rings. The summed E-state index contributed by atoms with van der Waals surface area (Å²) >= 11 is 0. The van der Waals surface area contributed by atoms with Crippen molar-refractivity contribution in [2.24, 2.45) is 0 Å². The monoisotopic (exact) mass is 256 g/mol. The first-order valence-corrected chi connectivity index (χ1v) is 6.27. The van der Waals surface area contributed by atoms with Gasteiger partial charge in [-0.1, -0.05) is 6.07 Å². The van der Waals surface area contributed by atoms with Gasteiger partial charge in [-0.3, -0.25) is 4.40 Å². The Balaban J connectivity index is 1.77. The molecule has 2 N–H and O–H groups in total. The van der Waals surface area contributed by atoms with Crippen LogP contribution in [-0.2, 0) is 6.54 Å². The Kier molecular flexibility index (Phi) is 3.00. The maximum atomic E-state index is 4.27. The molecule has 3 aromatic heterocycles. The zero-order valence-corrected chi connectivity index (χ0v) is 11.0. The minimum Gasteiger partial charge on any atom is -0.348 e. The van der Waals surface area contributed by atoms with Crippen molar-refractivity contribution in [1.82, 2.24) is 29.9 Å². The predicted molar refractivity (Wildman–Crippen MR) is 71.6 cm³/mol. The summed E-state index contributed by atoms with van der Waals surface area (Å²) in [6, 6.07) is 5.98. The van der Waals surface area contributed by atoms with Crippen LogP contribution in [0.4, 0.5) is 0 Å². The maximum Gasteiger partial charge on any atom is 0.160 e. The number of H-pyrrole nitrogens is 1. The minimum atomic E-state index is 0.105. The van der Waals surface area contributed by atoms with Crippen molar-refractivity contribution in [1.29, 1.82) is 0 Å². The third-order valence-corrected chi connectivity index (χ3v) is 3.24. The standard InChI is InChI=1S/C13H16N6/c1-9-11(16-8-15-9)7-14-10(2)13-18-17-12-5-3-4-6-19(12)13/h3-6,8,10,14H,7H2,1-2H3,(H,15,16). The van der Waals surface area contributed by atoms with E-state index < -0.39 is 0 Å². The van der Waals surface area contributed by atoms with E-state index in [2.05, 4.69) is 32.4 Å². The lowest BCUT2D eigenvalue weighted by Crippen LogP contribution is -2.21. The Morgan fingerprint density at radius 2 is 2.26 bits per heavy atom. The molecule has 1 atom stereocenters. The first kappa shape index (κ1) is 11.9. The summed E-state index contributed by atoms with van der Waals surface area (Å²) in [5, 5.41) is 11.8. The Hall–Kier alpha value is -2.21. The number of imidazole rings is 1. The van der Waals surface area contributed by atoms with Crippen molar-refractivity contribution in [3.63, 3.8) is 0 Å². The van der Waals surface area contributed by atoms with Gasteiger partial charge in [0.2, 0.25) is 0 Å². The summed E-state index contributed by atoms with van der Waals surface area (Å²) in [5.74, 6) is 0.906. The van der Waals surface area contributed by atoms with E-state index in [1.807, 2.05) is 35.7 Å². The van der Waals surface area contributed by atoms with E-state index >= 15 is 0 Å². The van der Waals surface area contributed by atoms with Gasteiger partial charge in [0.15, 0.2) is 11.5 Å². The van der Waals surface area contributed by atoms with Crippen molar-refractivity contribution in [2.45, 2.75) is 26.4 Å². The van der Waals surface area contributed by atoms with Gasteiger partial charge in [-0.15, -0.1) is 10.2 Å². The average Bonchev–Trinajstić information content (AvgIpc) is 3.02. The molecule has 6 heteroatoms. The summed E-state index contributed by atoms with van der Waals surface area (Å²) in [6.45, 7) is 4.80. The highest BCUT2D eigenvalue weighted by Gasteiger charge is 2.13. The largest absolute Gasteiger partial charge is 0.348 e. The summed E-state index contributed by atoms with van der Waals surface area (Å²) in [7, 11) is 0. The molecule has 19 heavy (non-hydrogen) atoms. The number of aryl methyl sites for hydroxylation is 1. The van der Waals surface area contributed by atoms with E-state index in [1.165, 1.54) is 0 Å². The number of fused-ring (bicyclic) bond motifs is 1. The Labute approximate surface area is 110 Å². The molecular formula is C13H16N6. The molecule has 0 saturated heterocycles. The van der Waals surface area contributed by atoms with Gasteiger partial charge in [-0.05, 0) is 26.0 Å². The van der Waals surface area contributed by atoms with Crippen molar-refractivity contribution in [3.05, 3.63) is 47.9 Å². The van der Waals surface area contributed by atoms with Crippen LogP contribution in [-0.4, -0.2) is 24.6 Å². The normalized spacial score (nSPS) is 12.9. The van der Waals surface area contributed by atoms with Crippen molar-refractivity contribution in [2.75, 3.05) is 0 Å². The van der Waals surface area contributed by atoms with Crippen LogP contribution in [0.15, 0.2) is 30.7 Å². The summed E-state index contributed by atoms with van der Waals surface area (Å²) in [6.07, 6.45) is 3.69. The number of rotatable bonds is 4. The second kappa shape index (κ2) is 4.81. The molecular weight excluding hydrogens is 240 g/mol. The van der Waals surface area contributed by atoms with Gasteiger partial charge in [0.1, 0.15) is 0 Å². The molecule has 0 amide bonds. The van der Waals surface area contributed by atoms with Crippen LogP contribution in [0.2, 0.25) is 0 Å². The molecule has 0 fully saturated rings. The number of pyridine rings is 1. The molecule has 0 aliphatic heterocycles. The Bertz CT molecular complexity index is 683. The molecule has 3 heterocycles. The fourth-order valence-corrected chi connectivity index (χ4v) is 2.06. The van der Waals surface area contributed by atoms with Gasteiger partial charge in [0.25, 0.3) is 0 Å². The van der Waals surface area contributed by atoms with E-state index in [-0.39, 0.29) is 6.04 Å². The van der Waals surface area contributed by atoms with Crippen molar-refractivity contribution < 1.29 is 0 Å². The van der Waals surface area contributed by atoms with Crippen LogP contribution in [0.3, 0.4) is 0 Å². The van der Waals surface area contributed by atoms with Gasteiger partial charge in [-0.25, -0.2) is 4.98 Å². The molecule has 3 rings (SSSR count). The lowest BCUT2D eigenvalue weighted by atomic mass is 10.3. The molecule has 0 bridgehead atoms. The molecule has 0 aromatic carbocycles. The molecule has 0 spiro atoms. The van der Waals surface area contributed by atoms with Gasteiger partial charge in [0, 0.05) is 18.4 Å². The topological polar surface area (TPSA) is 70.9 Å². The van der Waals surface area contributed by atoms with Gasteiger partial charge >= 0.3 is 0 Å². The smallest absolute Gasteiger partial charge is 0.160 e. The Morgan fingerprint density at radius 1 is 1.37 bits per heavy atom. The third-order valence-electron chi connectivity index (χ3n) is 3.24. The molecule has 0 radical (unpaired) electrons. The number of nitrogens with zero attached hydrogens (tertiary/aromatic N) is 4. The Morgan fingerprint density at radius 3 is 3.05 bits per heavy atom. The summed E-state index contributed by atoms with van der Waals surface area (Å²) < 4.78 is 2.00. The highest BCUT2D eigenvalue weighted by Crippen LogP contribution is 2.12. The van der Waals surface area contributed by atoms with E-state index in [4.69, 9.17) is 0 Å². The van der Waals surface area contributed by atoms with Crippen LogP contribution >= 0.6 is 0 Å². The van der Waals surface area contributed by atoms with Crippen molar-refractivity contribution in [3.8, 4) is 0 Å². The molecule has 6 nitrogen and oxygen atoms in total. The van der Waals surface area contributed by atoms with Crippen LogP contribution in [0, 0.1) is 6.92 Å². The quantitative estimate of drug-likeness (QED) is 0.744. The van der Waals surface area contributed by atoms with Crippen LogP contribution in [0.1, 0.15) is 30.2 Å². The highest BCUT2D eigenvalue weighted by atomic mass is 15.3. The van der Waals surface area contributed by atoms with E-state index in [0.717, 1.165) is 22.9 Å². The first-order valence-electron chi connectivity index (χ1n) is 6.27. The first-order chi connectivity index (χ1) is 9.25. The average molecular weight is 256 g/mol. The number of hydrogen-bond acceptors (Lipinski definition) is 4. The third kappa shape index (κ3) is 2.22. The van der Waals surface area contributed by atoms with Gasteiger partial charge in [0.05, 0.1) is 18.1 Å². The number of aromatic amines is 1.